The molecule has 5 heteroatoms. The maximum absolute atomic E-state index is 12.7. The van der Waals surface area contributed by atoms with Crippen LogP contribution in [0.3, 0.4) is 0 Å². The molecule has 124 valence electrons. The lowest BCUT2D eigenvalue weighted by molar-refractivity contribution is -0.128. The van der Waals surface area contributed by atoms with Crippen LogP contribution in [0.15, 0.2) is 30.3 Å². The molecule has 0 radical (unpaired) electrons. The highest BCUT2D eigenvalue weighted by atomic mass is 32.1. The predicted octanol–water partition coefficient (Wildman–Crippen LogP) is 2.72. The zero-order chi connectivity index (χ0) is 16.7. The van der Waals surface area contributed by atoms with Crippen molar-refractivity contribution in [2.75, 3.05) is 19.6 Å². The van der Waals surface area contributed by atoms with E-state index >= 15 is 0 Å². The number of carbonyl (C=O) groups is 2. The molecule has 1 aliphatic heterocycles. The lowest BCUT2D eigenvalue weighted by Crippen LogP contribution is -2.55. The molecule has 1 aromatic carbocycles. The quantitative estimate of drug-likeness (QED) is 0.934. The molecular weight excluding hydrogens is 320 g/mol. The smallest absolute Gasteiger partial charge is 0.263 e. The van der Waals surface area contributed by atoms with E-state index in [-0.39, 0.29) is 17.7 Å². The molecule has 1 saturated heterocycles. The van der Waals surface area contributed by atoms with E-state index in [0.717, 1.165) is 17.7 Å². The molecule has 1 fully saturated rings. The molecule has 2 aliphatic rings. The number of benzene rings is 1. The molecule has 24 heavy (non-hydrogen) atoms. The van der Waals surface area contributed by atoms with Gasteiger partial charge in [0.15, 0.2) is 0 Å². The molecule has 0 atom stereocenters. The number of hydrogen-bond acceptors (Lipinski definition) is 3. The SMILES string of the molecule is CCNC(=O)C1CN(C(=O)c2cc3c(s2)-c2ccccc2CC3)C1. The van der Waals surface area contributed by atoms with Gasteiger partial charge in [-0.2, -0.15) is 0 Å². The zero-order valence-electron chi connectivity index (χ0n) is 13.7. The molecule has 2 amide bonds. The van der Waals surface area contributed by atoms with Gasteiger partial charge < -0.3 is 10.2 Å². The molecule has 1 aromatic heterocycles. The van der Waals surface area contributed by atoms with E-state index in [4.69, 9.17) is 0 Å². The summed E-state index contributed by atoms with van der Waals surface area (Å²) in [7, 11) is 0. The third-order valence-electron chi connectivity index (χ3n) is 4.84. The van der Waals surface area contributed by atoms with E-state index in [1.54, 1.807) is 16.2 Å². The van der Waals surface area contributed by atoms with Crippen molar-refractivity contribution >= 4 is 23.2 Å². The van der Waals surface area contributed by atoms with E-state index < -0.39 is 0 Å². The fraction of sp³-hybridized carbons (Fsp3) is 0.368. The van der Waals surface area contributed by atoms with Crippen molar-refractivity contribution in [2.45, 2.75) is 19.8 Å². The minimum absolute atomic E-state index is 0.0517. The van der Waals surface area contributed by atoms with E-state index in [9.17, 15) is 9.59 Å². The van der Waals surface area contributed by atoms with Gasteiger partial charge in [-0.05, 0) is 42.5 Å². The van der Waals surface area contributed by atoms with Gasteiger partial charge in [-0.1, -0.05) is 24.3 Å². The highest BCUT2D eigenvalue weighted by molar-refractivity contribution is 7.17. The molecule has 2 heterocycles. The van der Waals surface area contributed by atoms with Crippen molar-refractivity contribution in [1.29, 1.82) is 0 Å². The molecule has 0 saturated carbocycles. The minimum atomic E-state index is -0.0517. The van der Waals surface area contributed by atoms with Crippen LogP contribution in [0, 0.1) is 5.92 Å². The Balaban J connectivity index is 1.51. The van der Waals surface area contributed by atoms with Gasteiger partial charge >= 0.3 is 0 Å². The monoisotopic (exact) mass is 340 g/mol. The second kappa shape index (κ2) is 6.06. The summed E-state index contributed by atoms with van der Waals surface area (Å²) in [5, 5.41) is 2.82. The maximum atomic E-state index is 12.7. The van der Waals surface area contributed by atoms with E-state index in [0.29, 0.717) is 19.6 Å². The van der Waals surface area contributed by atoms with Gasteiger partial charge in [-0.3, -0.25) is 9.59 Å². The highest BCUT2D eigenvalue weighted by Crippen LogP contribution is 2.40. The van der Waals surface area contributed by atoms with Gasteiger partial charge in [0.05, 0.1) is 10.8 Å². The number of thiophene rings is 1. The van der Waals surface area contributed by atoms with Crippen LogP contribution < -0.4 is 5.32 Å². The molecule has 0 spiro atoms. The molecule has 1 aliphatic carbocycles. The predicted molar refractivity (Wildman–Crippen MR) is 95.2 cm³/mol. The van der Waals surface area contributed by atoms with Gasteiger partial charge in [0.1, 0.15) is 0 Å². The average Bonchev–Trinajstić information content (AvgIpc) is 2.98. The molecule has 4 nitrogen and oxygen atoms in total. The largest absolute Gasteiger partial charge is 0.356 e. The number of nitrogens with one attached hydrogen (secondary N) is 1. The Morgan fingerprint density at radius 2 is 1.96 bits per heavy atom. The van der Waals surface area contributed by atoms with E-state index in [1.165, 1.54) is 21.6 Å². The second-order valence-corrected chi connectivity index (χ2v) is 7.48. The first-order chi connectivity index (χ1) is 11.7. The lowest BCUT2D eigenvalue weighted by atomic mass is 9.91. The summed E-state index contributed by atoms with van der Waals surface area (Å²) in [6.45, 7) is 3.61. The molecular formula is C19H20N2O2S. The van der Waals surface area contributed by atoms with Crippen LogP contribution in [0.25, 0.3) is 10.4 Å². The fourth-order valence-electron chi connectivity index (χ4n) is 3.46. The number of rotatable bonds is 3. The Bertz CT molecular complexity index is 805. The van der Waals surface area contributed by atoms with Crippen LogP contribution in [0.2, 0.25) is 0 Å². The molecule has 4 rings (SSSR count). The first-order valence-corrected chi connectivity index (χ1v) is 9.27. The Hall–Kier alpha value is -2.14. The average molecular weight is 340 g/mol. The van der Waals surface area contributed by atoms with Crippen LogP contribution in [0.4, 0.5) is 0 Å². The van der Waals surface area contributed by atoms with Crippen molar-refractivity contribution in [3.63, 3.8) is 0 Å². The van der Waals surface area contributed by atoms with E-state index in [1.807, 2.05) is 6.92 Å². The van der Waals surface area contributed by atoms with Crippen molar-refractivity contribution in [1.82, 2.24) is 10.2 Å². The number of likely N-dealkylation sites (tertiary alicyclic amines) is 1. The van der Waals surface area contributed by atoms with Gasteiger partial charge in [0.2, 0.25) is 5.91 Å². The number of fused-ring (bicyclic) bond motifs is 3. The normalized spacial score (nSPS) is 16.1. The van der Waals surface area contributed by atoms with Crippen LogP contribution >= 0.6 is 11.3 Å². The summed E-state index contributed by atoms with van der Waals surface area (Å²) in [4.78, 5) is 28.3. The van der Waals surface area contributed by atoms with Crippen LogP contribution in [-0.4, -0.2) is 36.3 Å². The Morgan fingerprint density at radius 3 is 2.75 bits per heavy atom. The van der Waals surface area contributed by atoms with Crippen molar-refractivity contribution in [3.8, 4) is 10.4 Å². The summed E-state index contributed by atoms with van der Waals surface area (Å²) < 4.78 is 0. The summed E-state index contributed by atoms with van der Waals surface area (Å²) in [6, 6.07) is 10.5. The lowest BCUT2D eigenvalue weighted by Gasteiger charge is -2.37. The number of nitrogens with zero attached hydrogens (tertiary/aromatic N) is 1. The van der Waals surface area contributed by atoms with E-state index in [2.05, 4.69) is 35.6 Å². The fourth-order valence-corrected chi connectivity index (χ4v) is 4.70. The highest BCUT2D eigenvalue weighted by Gasteiger charge is 2.36. The number of amides is 2. The van der Waals surface area contributed by atoms with Crippen LogP contribution in [0.1, 0.15) is 27.7 Å². The number of aryl methyl sites for hydroxylation is 2. The summed E-state index contributed by atoms with van der Waals surface area (Å²) in [5.41, 5.74) is 3.92. The topological polar surface area (TPSA) is 49.4 Å². The Morgan fingerprint density at radius 1 is 1.21 bits per heavy atom. The first-order valence-electron chi connectivity index (χ1n) is 8.45. The van der Waals surface area contributed by atoms with Gasteiger partial charge in [0.25, 0.3) is 5.91 Å². The summed E-state index contributed by atoms with van der Waals surface area (Å²) >= 11 is 1.59. The summed E-state index contributed by atoms with van der Waals surface area (Å²) in [5.74, 6) is 0.0672. The second-order valence-electron chi connectivity index (χ2n) is 6.42. The molecule has 0 unspecified atom stereocenters. The minimum Gasteiger partial charge on any atom is -0.356 e. The van der Waals surface area contributed by atoms with Gasteiger partial charge in [-0.25, -0.2) is 0 Å². The standard InChI is InChI=1S/C19H20N2O2S/c1-2-20-18(22)14-10-21(11-14)19(23)16-9-13-8-7-12-5-3-4-6-15(12)17(13)24-16/h3-6,9,14H,2,7-8,10-11H2,1H3,(H,20,22). The van der Waals surface area contributed by atoms with Crippen LogP contribution in [0.5, 0.6) is 0 Å². The molecule has 0 bridgehead atoms. The maximum Gasteiger partial charge on any atom is 0.263 e. The third kappa shape index (κ3) is 2.53. The van der Waals surface area contributed by atoms with Crippen molar-refractivity contribution < 1.29 is 9.59 Å². The summed E-state index contributed by atoms with van der Waals surface area (Å²) in [6.07, 6.45) is 2.04. The molecule has 1 N–H and O–H groups in total. The Labute approximate surface area is 145 Å². The Kier molecular flexibility index (Phi) is 3.88. The number of hydrogen-bond donors (Lipinski definition) is 1. The van der Waals surface area contributed by atoms with Crippen LogP contribution in [-0.2, 0) is 17.6 Å². The number of carbonyl (C=O) groups excluding carboxylic acids is 2. The zero-order valence-corrected chi connectivity index (χ0v) is 14.5. The van der Waals surface area contributed by atoms with Crippen molar-refractivity contribution in [2.24, 2.45) is 5.92 Å². The van der Waals surface area contributed by atoms with Crippen molar-refractivity contribution in [3.05, 3.63) is 46.3 Å². The van der Waals surface area contributed by atoms with Gasteiger partial charge in [-0.15, -0.1) is 11.3 Å². The molecule has 2 aromatic rings. The third-order valence-corrected chi connectivity index (χ3v) is 6.03. The van der Waals surface area contributed by atoms with Gasteiger partial charge in [0, 0.05) is 24.5 Å². The first kappa shape index (κ1) is 15.4.